The van der Waals surface area contributed by atoms with Crippen molar-refractivity contribution >= 4 is 15.9 Å². The van der Waals surface area contributed by atoms with Gasteiger partial charge in [-0.15, -0.1) is 0 Å². The second-order valence-corrected chi connectivity index (χ2v) is 6.78. The zero-order valence-corrected chi connectivity index (χ0v) is 12.7. The van der Waals surface area contributed by atoms with Crippen LogP contribution in [0.4, 0.5) is 0 Å². The van der Waals surface area contributed by atoms with Crippen molar-refractivity contribution in [2.45, 2.75) is 47.0 Å². The maximum atomic E-state index is 9.20. The third kappa shape index (κ3) is 2.17. The summed E-state index contributed by atoms with van der Waals surface area (Å²) in [7, 11) is 0. The lowest BCUT2D eigenvalue weighted by Gasteiger charge is -2.16. The molecular weight excluding hydrogens is 276 g/mol. The number of halogens is 1. The highest BCUT2D eigenvalue weighted by Gasteiger charge is 2.32. The molecule has 1 N–H and O–H groups in total. The number of aliphatic hydroxyl groups is 1. The van der Waals surface area contributed by atoms with Gasteiger partial charge < -0.3 is 5.11 Å². The van der Waals surface area contributed by atoms with Crippen molar-refractivity contribution < 1.29 is 5.11 Å². The van der Waals surface area contributed by atoms with Crippen LogP contribution in [-0.4, -0.2) is 11.7 Å². The molecule has 17 heavy (non-hydrogen) atoms. The van der Waals surface area contributed by atoms with Gasteiger partial charge in [-0.3, -0.25) is 0 Å². The van der Waals surface area contributed by atoms with Gasteiger partial charge in [-0.1, -0.05) is 29.8 Å². The minimum absolute atomic E-state index is 0.232. The molecule has 0 atom stereocenters. The van der Waals surface area contributed by atoms with Gasteiger partial charge in [0.1, 0.15) is 0 Å². The first-order valence-electron chi connectivity index (χ1n) is 6.27. The topological polar surface area (TPSA) is 20.2 Å². The Morgan fingerprint density at radius 3 is 2.29 bits per heavy atom. The predicted molar refractivity (Wildman–Crippen MR) is 75.6 cm³/mol. The highest BCUT2D eigenvalue weighted by molar-refractivity contribution is 9.10. The number of fused-ring (bicyclic) bond motifs is 1. The van der Waals surface area contributed by atoms with Gasteiger partial charge in [0, 0.05) is 11.1 Å². The minimum Gasteiger partial charge on any atom is -0.396 e. The van der Waals surface area contributed by atoms with Gasteiger partial charge in [0.15, 0.2) is 0 Å². The fourth-order valence-corrected chi connectivity index (χ4v) is 3.73. The van der Waals surface area contributed by atoms with Gasteiger partial charge in [-0.2, -0.15) is 0 Å². The van der Waals surface area contributed by atoms with E-state index in [-0.39, 0.29) is 6.61 Å². The Bertz CT molecular complexity index is 461. The molecule has 0 saturated heterocycles. The van der Waals surface area contributed by atoms with Crippen molar-refractivity contribution in [3.05, 3.63) is 32.3 Å². The summed E-state index contributed by atoms with van der Waals surface area (Å²) < 4.78 is 1.27. The van der Waals surface area contributed by atoms with Crippen LogP contribution in [0.2, 0.25) is 0 Å². The van der Waals surface area contributed by atoms with Crippen molar-refractivity contribution in [3.63, 3.8) is 0 Å². The van der Waals surface area contributed by atoms with Crippen LogP contribution in [0.3, 0.4) is 0 Å². The molecular formula is C15H21BrO. The second-order valence-electron chi connectivity index (χ2n) is 5.99. The van der Waals surface area contributed by atoms with E-state index in [1.165, 1.54) is 32.3 Å². The average Bonchev–Trinajstić information content (AvgIpc) is 2.58. The first-order chi connectivity index (χ1) is 7.87. The smallest absolute Gasteiger partial charge is 0.0471 e. The first-order valence-corrected chi connectivity index (χ1v) is 7.07. The molecule has 1 aliphatic rings. The van der Waals surface area contributed by atoms with E-state index in [2.05, 4.69) is 43.6 Å². The van der Waals surface area contributed by atoms with Crippen molar-refractivity contribution in [1.29, 1.82) is 0 Å². The molecule has 2 rings (SSSR count). The number of aliphatic hydroxyl groups excluding tert-OH is 1. The summed E-state index contributed by atoms with van der Waals surface area (Å²) in [5.41, 5.74) is 7.42. The van der Waals surface area contributed by atoms with Crippen LogP contribution in [-0.2, 0) is 19.3 Å². The van der Waals surface area contributed by atoms with Crippen LogP contribution in [0, 0.1) is 19.3 Å². The standard InChI is InChI=1S/C15H21BrO/c1-9-11(5-6-17)10(2)14(16)13-8-15(3,4)7-12(9)13/h17H,5-8H2,1-4H3. The Hall–Kier alpha value is -0.340. The van der Waals surface area contributed by atoms with Crippen LogP contribution in [0.15, 0.2) is 4.47 Å². The Morgan fingerprint density at radius 2 is 1.71 bits per heavy atom. The van der Waals surface area contributed by atoms with E-state index in [9.17, 15) is 5.11 Å². The molecule has 0 amide bonds. The van der Waals surface area contributed by atoms with E-state index in [0.717, 1.165) is 19.3 Å². The van der Waals surface area contributed by atoms with Gasteiger partial charge in [-0.25, -0.2) is 0 Å². The molecule has 0 spiro atoms. The SMILES string of the molecule is Cc1c(Br)c2c(c(C)c1CCO)CC(C)(C)C2. The normalized spacial score (nSPS) is 17.3. The molecule has 0 aliphatic heterocycles. The Kier molecular flexibility index (Phi) is 3.39. The summed E-state index contributed by atoms with van der Waals surface area (Å²) in [6.07, 6.45) is 3.08. The van der Waals surface area contributed by atoms with Gasteiger partial charge >= 0.3 is 0 Å². The molecule has 2 heteroatoms. The van der Waals surface area contributed by atoms with Crippen molar-refractivity contribution in [2.24, 2.45) is 5.41 Å². The summed E-state index contributed by atoms with van der Waals surface area (Å²) in [5, 5.41) is 9.20. The molecule has 0 saturated carbocycles. The van der Waals surface area contributed by atoms with Crippen LogP contribution >= 0.6 is 15.9 Å². The van der Waals surface area contributed by atoms with E-state index in [1.54, 1.807) is 0 Å². The largest absolute Gasteiger partial charge is 0.396 e. The minimum atomic E-state index is 0.232. The molecule has 0 unspecified atom stereocenters. The number of benzene rings is 1. The molecule has 0 radical (unpaired) electrons. The lowest BCUT2D eigenvalue weighted by molar-refractivity contribution is 0.299. The summed E-state index contributed by atoms with van der Waals surface area (Å²) in [4.78, 5) is 0. The summed E-state index contributed by atoms with van der Waals surface area (Å²) >= 11 is 3.76. The average molecular weight is 297 g/mol. The van der Waals surface area contributed by atoms with E-state index >= 15 is 0 Å². The number of hydrogen-bond donors (Lipinski definition) is 1. The number of rotatable bonds is 2. The van der Waals surface area contributed by atoms with Crippen LogP contribution < -0.4 is 0 Å². The molecule has 1 aromatic rings. The van der Waals surface area contributed by atoms with Crippen LogP contribution in [0.25, 0.3) is 0 Å². The Morgan fingerprint density at radius 1 is 1.12 bits per heavy atom. The summed E-state index contributed by atoms with van der Waals surface area (Å²) in [6.45, 7) is 9.27. The van der Waals surface area contributed by atoms with Gasteiger partial charge in [0.05, 0.1) is 0 Å². The summed E-state index contributed by atoms with van der Waals surface area (Å²) in [6, 6.07) is 0. The monoisotopic (exact) mass is 296 g/mol. The Labute approximate surface area is 112 Å². The van der Waals surface area contributed by atoms with E-state index in [0.29, 0.717) is 5.41 Å². The van der Waals surface area contributed by atoms with E-state index in [4.69, 9.17) is 0 Å². The highest BCUT2D eigenvalue weighted by atomic mass is 79.9. The quantitative estimate of drug-likeness (QED) is 0.882. The molecule has 1 nitrogen and oxygen atoms in total. The highest BCUT2D eigenvalue weighted by Crippen LogP contribution is 2.44. The zero-order valence-electron chi connectivity index (χ0n) is 11.2. The lowest BCUT2D eigenvalue weighted by atomic mass is 9.89. The molecule has 0 bridgehead atoms. The molecule has 0 heterocycles. The second kappa shape index (κ2) is 4.40. The van der Waals surface area contributed by atoms with Gasteiger partial charge in [0.25, 0.3) is 0 Å². The summed E-state index contributed by atoms with van der Waals surface area (Å²) in [5.74, 6) is 0. The van der Waals surface area contributed by atoms with E-state index < -0.39 is 0 Å². The lowest BCUT2D eigenvalue weighted by Crippen LogP contribution is -2.10. The molecule has 1 aliphatic carbocycles. The zero-order chi connectivity index (χ0) is 12.8. The Balaban J connectivity index is 2.61. The maximum Gasteiger partial charge on any atom is 0.0471 e. The van der Waals surface area contributed by atoms with Crippen molar-refractivity contribution in [2.75, 3.05) is 6.61 Å². The fourth-order valence-electron chi connectivity index (χ4n) is 3.11. The predicted octanol–water partition coefficient (Wildman–Crippen LogP) is 3.73. The third-order valence-electron chi connectivity index (χ3n) is 3.99. The van der Waals surface area contributed by atoms with Crippen LogP contribution in [0.5, 0.6) is 0 Å². The first kappa shape index (κ1) is 13.1. The third-order valence-corrected chi connectivity index (χ3v) is 5.06. The fraction of sp³-hybridized carbons (Fsp3) is 0.600. The van der Waals surface area contributed by atoms with Crippen LogP contribution in [0.1, 0.15) is 41.7 Å². The number of hydrogen-bond acceptors (Lipinski definition) is 1. The van der Waals surface area contributed by atoms with Gasteiger partial charge in [-0.05, 0) is 66.3 Å². The molecule has 0 aromatic heterocycles. The molecule has 94 valence electrons. The molecule has 0 fully saturated rings. The van der Waals surface area contributed by atoms with Crippen molar-refractivity contribution in [3.8, 4) is 0 Å². The molecule has 1 aromatic carbocycles. The maximum absolute atomic E-state index is 9.20. The van der Waals surface area contributed by atoms with Crippen molar-refractivity contribution in [1.82, 2.24) is 0 Å². The van der Waals surface area contributed by atoms with Gasteiger partial charge in [0.2, 0.25) is 0 Å². The van der Waals surface area contributed by atoms with E-state index in [1.807, 2.05) is 0 Å².